The van der Waals surface area contributed by atoms with E-state index in [1.165, 1.54) is 17.1 Å². The van der Waals surface area contributed by atoms with Crippen LogP contribution in [0.25, 0.3) is 0 Å². The second-order valence-corrected chi connectivity index (χ2v) is 9.85. The largest absolute Gasteiger partial charge is 0.325 e. The maximum atomic E-state index is 12.5. The fraction of sp³-hybridized carbons (Fsp3) is 0.350. The summed E-state index contributed by atoms with van der Waals surface area (Å²) in [5.74, 6) is 2.45. The summed E-state index contributed by atoms with van der Waals surface area (Å²) in [4.78, 5) is 16.1. The Bertz CT molecular complexity index is 733. The van der Waals surface area contributed by atoms with Gasteiger partial charge in [0.05, 0.1) is 5.25 Å². The molecule has 1 aliphatic rings. The van der Waals surface area contributed by atoms with E-state index in [2.05, 4.69) is 38.3 Å². The van der Waals surface area contributed by atoms with E-state index in [0.29, 0.717) is 0 Å². The average Bonchev–Trinajstić information content (AvgIpc) is 2.65. The van der Waals surface area contributed by atoms with Gasteiger partial charge in [0.25, 0.3) is 0 Å². The standard InChI is InChI=1S/C20H23BrN2OS2/c1-15(26-19-7-5-17(21)6-8-19)20(24)22-18-4-2-3-16(13-18)14-23-9-11-25-12-10-23/h2-8,13,15H,9-12,14H2,1H3,(H,22,24). The zero-order valence-corrected chi connectivity index (χ0v) is 18.0. The predicted octanol–water partition coefficient (Wildman–Crippen LogP) is 5.12. The van der Waals surface area contributed by atoms with Crippen LogP contribution in [0.2, 0.25) is 0 Å². The van der Waals surface area contributed by atoms with Gasteiger partial charge in [0, 0.05) is 46.2 Å². The number of carbonyl (C=O) groups excluding carboxylic acids is 1. The highest BCUT2D eigenvalue weighted by atomic mass is 79.9. The predicted molar refractivity (Wildman–Crippen MR) is 117 cm³/mol. The monoisotopic (exact) mass is 450 g/mol. The van der Waals surface area contributed by atoms with Crippen LogP contribution in [0.5, 0.6) is 0 Å². The second kappa shape index (κ2) is 9.83. The number of carbonyl (C=O) groups is 1. The van der Waals surface area contributed by atoms with Crippen LogP contribution in [0.1, 0.15) is 12.5 Å². The lowest BCUT2D eigenvalue weighted by Crippen LogP contribution is -2.32. The van der Waals surface area contributed by atoms with Gasteiger partial charge in [-0.1, -0.05) is 28.1 Å². The number of hydrogen-bond donors (Lipinski definition) is 1. The number of nitrogens with one attached hydrogen (secondary N) is 1. The van der Waals surface area contributed by atoms with Gasteiger partial charge in [0.1, 0.15) is 0 Å². The van der Waals surface area contributed by atoms with Gasteiger partial charge in [-0.3, -0.25) is 9.69 Å². The van der Waals surface area contributed by atoms with Gasteiger partial charge in [-0.25, -0.2) is 0 Å². The first kappa shape index (κ1) is 19.8. The van der Waals surface area contributed by atoms with E-state index in [0.717, 1.165) is 34.7 Å². The molecule has 2 aromatic rings. The summed E-state index contributed by atoms with van der Waals surface area (Å²) in [5.41, 5.74) is 2.13. The van der Waals surface area contributed by atoms with Gasteiger partial charge < -0.3 is 5.32 Å². The molecule has 1 unspecified atom stereocenters. The van der Waals surface area contributed by atoms with Crippen LogP contribution in [-0.4, -0.2) is 40.7 Å². The normalized spacial score (nSPS) is 16.2. The van der Waals surface area contributed by atoms with Crippen molar-refractivity contribution in [2.75, 3.05) is 29.9 Å². The minimum atomic E-state index is -0.154. The number of halogens is 1. The van der Waals surface area contributed by atoms with Crippen LogP contribution in [-0.2, 0) is 11.3 Å². The highest BCUT2D eigenvalue weighted by Gasteiger charge is 2.15. The molecular formula is C20H23BrN2OS2. The fourth-order valence-corrected chi connectivity index (χ4v) is 4.89. The molecule has 0 aliphatic carbocycles. The molecule has 1 N–H and O–H groups in total. The van der Waals surface area contributed by atoms with Gasteiger partial charge >= 0.3 is 0 Å². The Morgan fingerprint density at radius 1 is 1.23 bits per heavy atom. The Morgan fingerprint density at radius 3 is 2.69 bits per heavy atom. The SMILES string of the molecule is CC(Sc1ccc(Br)cc1)C(=O)Nc1cccc(CN2CCSCC2)c1. The second-order valence-electron chi connectivity index (χ2n) is 6.29. The van der Waals surface area contributed by atoms with E-state index in [-0.39, 0.29) is 11.2 Å². The van der Waals surface area contributed by atoms with Crippen molar-refractivity contribution in [1.29, 1.82) is 0 Å². The minimum absolute atomic E-state index is 0.0319. The molecule has 1 atom stereocenters. The quantitative estimate of drug-likeness (QED) is 0.619. The Balaban J connectivity index is 1.56. The summed E-state index contributed by atoms with van der Waals surface area (Å²) in [6.07, 6.45) is 0. The molecule has 26 heavy (non-hydrogen) atoms. The smallest absolute Gasteiger partial charge is 0.237 e. The summed E-state index contributed by atoms with van der Waals surface area (Å²) < 4.78 is 1.04. The van der Waals surface area contributed by atoms with E-state index >= 15 is 0 Å². The third kappa shape index (κ3) is 6.05. The summed E-state index contributed by atoms with van der Waals surface area (Å²) in [6, 6.07) is 16.3. The summed E-state index contributed by atoms with van der Waals surface area (Å²) in [6.45, 7) is 5.18. The molecular weight excluding hydrogens is 428 g/mol. The van der Waals surface area contributed by atoms with Crippen LogP contribution in [0.15, 0.2) is 57.9 Å². The maximum Gasteiger partial charge on any atom is 0.237 e. The molecule has 1 fully saturated rings. The van der Waals surface area contributed by atoms with Crippen molar-refractivity contribution in [2.45, 2.75) is 23.6 Å². The zero-order valence-electron chi connectivity index (χ0n) is 14.8. The van der Waals surface area contributed by atoms with Crippen LogP contribution in [0.4, 0.5) is 5.69 Å². The van der Waals surface area contributed by atoms with Gasteiger partial charge in [-0.05, 0) is 48.9 Å². The van der Waals surface area contributed by atoms with Crippen molar-refractivity contribution < 1.29 is 4.79 Å². The van der Waals surface area contributed by atoms with Gasteiger partial charge in [-0.15, -0.1) is 11.8 Å². The number of amides is 1. The first-order chi connectivity index (χ1) is 12.6. The summed E-state index contributed by atoms with van der Waals surface area (Å²) in [7, 11) is 0. The molecule has 0 bridgehead atoms. The Hall–Kier alpha value is -0.950. The lowest BCUT2D eigenvalue weighted by atomic mass is 10.2. The number of benzene rings is 2. The van der Waals surface area contributed by atoms with Crippen LogP contribution >= 0.6 is 39.5 Å². The maximum absolute atomic E-state index is 12.5. The molecule has 1 saturated heterocycles. The minimum Gasteiger partial charge on any atom is -0.325 e. The first-order valence-corrected chi connectivity index (χ1v) is 11.5. The van der Waals surface area contributed by atoms with Gasteiger partial charge in [0.2, 0.25) is 5.91 Å². The third-order valence-electron chi connectivity index (χ3n) is 4.20. The molecule has 0 radical (unpaired) electrons. The van der Waals surface area contributed by atoms with Crippen molar-refractivity contribution in [3.63, 3.8) is 0 Å². The number of rotatable bonds is 6. The molecule has 0 aromatic heterocycles. The van der Waals surface area contributed by atoms with Crippen molar-refractivity contribution in [2.24, 2.45) is 0 Å². The Kier molecular flexibility index (Phi) is 7.49. The Labute approximate surface area is 172 Å². The first-order valence-electron chi connectivity index (χ1n) is 8.72. The molecule has 2 aromatic carbocycles. The number of thioether (sulfide) groups is 2. The molecule has 0 saturated carbocycles. The molecule has 6 heteroatoms. The topological polar surface area (TPSA) is 32.3 Å². The summed E-state index contributed by atoms with van der Waals surface area (Å²) >= 11 is 7.02. The molecule has 1 heterocycles. The molecule has 138 valence electrons. The van der Waals surface area contributed by atoms with Gasteiger partial charge in [0.15, 0.2) is 0 Å². The number of anilines is 1. The van der Waals surface area contributed by atoms with Crippen molar-refractivity contribution in [3.05, 3.63) is 58.6 Å². The lowest BCUT2D eigenvalue weighted by Gasteiger charge is -2.26. The van der Waals surface area contributed by atoms with Crippen LogP contribution in [0, 0.1) is 0 Å². The zero-order chi connectivity index (χ0) is 18.4. The van der Waals surface area contributed by atoms with E-state index < -0.39 is 0 Å². The Morgan fingerprint density at radius 2 is 1.96 bits per heavy atom. The fourth-order valence-electron chi connectivity index (χ4n) is 2.78. The van der Waals surface area contributed by atoms with Crippen LogP contribution in [0.3, 0.4) is 0 Å². The molecule has 3 rings (SSSR count). The molecule has 0 spiro atoms. The molecule has 1 amide bonds. The van der Waals surface area contributed by atoms with Crippen LogP contribution < -0.4 is 5.32 Å². The average molecular weight is 451 g/mol. The lowest BCUT2D eigenvalue weighted by molar-refractivity contribution is -0.115. The van der Waals surface area contributed by atoms with Crippen molar-refractivity contribution in [1.82, 2.24) is 4.90 Å². The molecule has 3 nitrogen and oxygen atoms in total. The highest BCUT2D eigenvalue weighted by Crippen LogP contribution is 2.26. The number of hydrogen-bond acceptors (Lipinski definition) is 4. The van der Waals surface area contributed by atoms with E-state index in [4.69, 9.17) is 0 Å². The number of nitrogens with zero attached hydrogens (tertiary/aromatic N) is 1. The third-order valence-corrected chi connectivity index (χ3v) is 6.78. The molecule has 1 aliphatic heterocycles. The highest BCUT2D eigenvalue weighted by molar-refractivity contribution is 9.10. The van der Waals surface area contributed by atoms with Crippen molar-refractivity contribution in [3.8, 4) is 0 Å². The van der Waals surface area contributed by atoms with E-state index in [1.807, 2.05) is 55.1 Å². The van der Waals surface area contributed by atoms with E-state index in [9.17, 15) is 4.79 Å². The van der Waals surface area contributed by atoms with Crippen molar-refractivity contribution >= 4 is 51.0 Å². The van der Waals surface area contributed by atoms with Gasteiger partial charge in [-0.2, -0.15) is 11.8 Å². The summed E-state index contributed by atoms with van der Waals surface area (Å²) in [5, 5.41) is 2.91. The van der Waals surface area contributed by atoms with E-state index in [1.54, 1.807) is 11.8 Å².